The molecule has 0 atom stereocenters. The van der Waals surface area contributed by atoms with Gasteiger partial charge in [0.1, 0.15) is 0 Å². The van der Waals surface area contributed by atoms with E-state index < -0.39 is 0 Å². The summed E-state index contributed by atoms with van der Waals surface area (Å²) in [5.41, 5.74) is 9.80. The van der Waals surface area contributed by atoms with Crippen molar-refractivity contribution in [2.45, 2.75) is 20.8 Å². The number of amides is 2. The monoisotopic (exact) mass is 424 g/mol. The third-order valence-electron chi connectivity index (χ3n) is 5.16. The lowest BCUT2D eigenvalue weighted by molar-refractivity contribution is -0.114. The van der Waals surface area contributed by atoms with Gasteiger partial charge in [-0.3, -0.25) is 9.59 Å². The number of hydrogen-bond donors (Lipinski definition) is 3. The number of H-pyrrole nitrogens is 1. The minimum absolute atomic E-state index is 0.195. The lowest BCUT2D eigenvalue weighted by Gasteiger charge is -2.05. The van der Waals surface area contributed by atoms with Crippen molar-refractivity contribution in [3.63, 3.8) is 0 Å². The maximum atomic E-state index is 12.6. The molecule has 0 fully saturated rings. The van der Waals surface area contributed by atoms with E-state index in [1.165, 1.54) is 6.92 Å². The summed E-state index contributed by atoms with van der Waals surface area (Å²) in [4.78, 5) is 27.4. The summed E-state index contributed by atoms with van der Waals surface area (Å²) in [6.45, 7) is 5.56. The Balaban J connectivity index is 1.66. The van der Waals surface area contributed by atoms with Gasteiger partial charge in [0.25, 0.3) is 5.91 Å². The number of carbonyl (C=O) groups is 2. The highest BCUT2D eigenvalue weighted by Crippen LogP contribution is 2.31. The van der Waals surface area contributed by atoms with E-state index in [4.69, 9.17) is 0 Å². The standard InChI is InChI=1S/C26H24N4O2/c1-16-12-17(2)24-22(13-16)23(25(29-24)19-8-5-4-6-9-19)15-27-30-26(32)20-10-7-11-21(14-20)28-18(3)31/h4-15,29H,1-3H3,(H,28,31)(H,30,32)/b27-15-. The highest BCUT2D eigenvalue weighted by molar-refractivity contribution is 6.07. The van der Waals surface area contributed by atoms with Crippen molar-refractivity contribution in [1.29, 1.82) is 0 Å². The van der Waals surface area contributed by atoms with Crippen LogP contribution in [-0.2, 0) is 4.79 Å². The normalized spacial score (nSPS) is 11.1. The Morgan fingerprint density at radius 2 is 1.75 bits per heavy atom. The number of hydrazone groups is 1. The lowest BCUT2D eigenvalue weighted by atomic mass is 10.0. The molecule has 0 unspecified atom stereocenters. The minimum atomic E-state index is -0.359. The van der Waals surface area contributed by atoms with E-state index in [9.17, 15) is 9.59 Å². The largest absolute Gasteiger partial charge is 0.354 e. The second-order valence-electron chi connectivity index (χ2n) is 7.75. The molecule has 0 saturated heterocycles. The topological polar surface area (TPSA) is 86.3 Å². The summed E-state index contributed by atoms with van der Waals surface area (Å²) >= 11 is 0. The second-order valence-corrected chi connectivity index (χ2v) is 7.75. The Hall–Kier alpha value is -4.19. The van der Waals surface area contributed by atoms with Crippen LogP contribution in [0.15, 0.2) is 71.8 Å². The van der Waals surface area contributed by atoms with E-state index in [2.05, 4.69) is 46.8 Å². The molecule has 0 radical (unpaired) electrons. The van der Waals surface area contributed by atoms with Crippen molar-refractivity contribution in [3.05, 3.63) is 89.0 Å². The molecular weight excluding hydrogens is 400 g/mol. The van der Waals surface area contributed by atoms with E-state index >= 15 is 0 Å². The molecule has 2 amide bonds. The van der Waals surface area contributed by atoms with Gasteiger partial charge in [0.05, 0.1) is 11.9 Å². The van der Waals surface area contributed by atoms with E-state index in [1.807, 2.05) is 30.3 Å². The molecule has 4 aromatic rings. The molecule has 6 heteroatoms. The van der Waals surface area contributed by atoms with Gasteiger partial charge in [0.2, 0.25) is 5.91 Å². The summed E-state index contributed by atoms with van der Waals surface area (Å²) in [7, 11) is 0. The molecule has 1 aromatic heterocycles. The molecule has 0 bridgehead atoms. The first-order chi connectivity index (χ1) is 15.4. The summed E-state index contributed by atoms with van der Waals surface area (Å²) in [5, 5.41) is 7.97. The predicted octanol–water partition coefficient (Wildman–Crippen LogP) is 5.17. The molecule has 3 aromatic carbocycles. The average Bonchev–Trinajstić information content (AvgIpc) is 3.13. The number of anilines is 1. The zero-order valence-corrected chi connectivity index (χ0v) is 18.2. The predicted molar refractivity (Wildman–Crippen MR) is 129 cm³/mol. The van der Waals surface area contributed by atoms with Gasteiger partial charge in [0.15, 0.2) is 0 Å². The van der Waals surface area contributed by atoms with Gasteiger partial charge < -0.3 is 10.3 Å². The number of nitrogens with zero attached hydrogens (tertiary/aromatic N) is 1. The first-order valence-corrected chi connectivity index (χ1v) is 10.3. The molecule has 32 heavy (non-hydrogen) atoms. The van der Waals surface area contributed by atoms with Crippen LogP contribution in [0.3, 0.4) is 0 Å². The number of hydrogen-bond acceptors (Lipinski definition) is 3. The third kappa shape index (κ3) is 4.44. The maximum Gasteiger partial charge on any atom is 0.271 e. The first-order valence-electron chi connectivity index (χ1n) is 10.3. The molecule has 0 aliphatic heterocycles. The highest BCUT2D eigenvalue weighted by Gasteiger charge is 2.14. The number of aromatic amines is 1. The highest BCUT2D eigenvalue weighted by atomic mass is 16.2. The number of benzene rings is 3. The smallest absolute Gasteiger partial charge is 0.271 e. The van der Waals surface area contributed by atoms with Crippen LogP contribution in [0.2, 0.25) is 0 Å². The summed E-state index contributed by atoms with van der Waals surface area (Å²) in [5.74, 6) is -0.555. The number of aryl methyl sites for hydroxylation is 2. The van der Waals surface area contributed by atoms with Gasteiger partial charge in [-0.05, 0) is 49.2 Å². The number of carbonyl (C=O) groups excluding carboxylic acids is 2. The van der Waals surface area contributed by atoms with E-state index in [0.717, 1.165) is 38.9 Å². The number of rotatable bonds is 5. The molecule has 0 aliphatic carbocycles. The molecule has 4 rings (SSSR count). The Labute approximate surface area is 186 Å². The van der Waals surface area contributed by atoms with E-state index in [-0.39, 0.29) is 11.8 Å². The zero-order valence-electron chi connectivity index (χ0n) is 18.2. The molecule has 1 heterocycles. The zero-order chi connectivity index (χ0) is 22.7. The van der Waals surface area contributed by atoms with Crippen LogP contribution in [-0.4, -0.2) is 23.0 Å². The van der Waals surface area contributed by atoms with Crippen molar-refractivity contribution >= 4 is 34.6 Å². The number of fused-ring (bicyclic) bond motifs is 1. The Kier molecular flexibility index (Phi) is 5.85. The Morgan fingerprint density at radius 3 is 2.50 bits per heavy atom. The lowest BCUT2D eigenvalue weighted by Crippen LogP contribution is -2.18. The Bertz CT molecular complexity index is 1340. The molecule has 160 valence electrons. The van der Waals surface area contributed by atoms with Crippen LogP contribution in [0.1, 0.15) is 34.0 Å². The number of aromatic nitrogens is 1. The van der Waals surface area contributed by atoms with Crippen LogP contribution >= 0.6 is 0 Å². The van der Waals surface area contributed by atoms with Crippen LogP contribution in [0.5, 0.6) is 0 Å². The van der Waals surface area contributed by atoms with E-state index in [0.29, 0.717) is 11.3 Å². The van der Waals surface area contributed by atoms with Gasteiger partial charge >= 0.3 is 0 Å². The maximum absolute atomic E-state index is 12.6. The van der Waals surface area contributed by atoms with Gasteiger partial charge in [0, 0.05) is 34.6 Å². The summed E-state index contributed by atoms with van der Waals surface area (Å²) in [6, 6.07) is 21.0. The van der Waals surface area contributed by atoms with Gasteiger partial charge in [-0.15, -0.1) is 0 Å². The van der Waals surface area contributed by atoms with Gasteiger partial charge in [-0.25, -0.2) is 5.43 Å². The molecular formula is C26H24N4O2. The average molecular weight is 425 g/mol. The van der Waals surface area contributed by atoms with Crippen LogP contribution < -0.4 is 10.7 Å². The fourth-order valence-electron chi connectivity index (χ4n) is 3.80. The molecule has 0 spiro atoms. The second kappa shape index (κ2) is 8.89. The minimum Gasteiger partial charge on any atom is -0.354 e. The fourth-order valence-corrected chi connectivity index (χ4v) is 3.80. The quantitative estimate of drug-likeness (QED) is 0.305. The molecule has 3 N–H and O–H groups in total. The van der Waals surface area contributed by atoms with Gasteiger partial charge in [-0.2, -0.15) is 5.10 Å². The van der Waals surface area contributed by atoms with Crippen molar-refractivity contribution < 1.29 is 9.59 Å². The molecule has 0 saturated carbocycles. The van der Waals surface area contributed by atoms with Crippen LogP contribution in [0, 0.1) is 13.8 Å². The SMILES string of the molecule is CC(=O)Nc1cccc(C(=O)N/N=C\c2c(-c3ccccc3)[nH]c3c(C)cc(C)cc23)c1. The summed E-state index contributed by atoms with van der Waals surface area (Å²) < 4.78 is 0. The van der Waals surface area contributed by atoms with Crippen LogP contribution in [0.4, 0.5) is 5.69 Å². The molecule has 6 nitrogen and oxygen atoms in total. The van der Waals surface area contributed by atoms with Gasteiger partial charge in [-0.1, -0.05) is 48.0 Å². The van der Waals surface area contributed by atoms with Crippen LogP contribution in [0.25, 0.3) is 22.2 Å². The van der Waals surface area contributed by atoms with Crippen molar-refractivity contribution in [2.24, 2.45) is 5.10 Å². The fraction of sp³-hybridized carbons (Fsp3) is 0.115. The molecule has 0 aliphatic rings. The summed E-state index contributed by atoms with van der Waals surface area (Å²) in [6.07, 6.45) is 1.68. The van der Waals surface area contributed by atoms with E-state index in [1.54, 1.807) is 30.5 Å². The third-order valence-corrected chi connectivity index (χ3v) is 5.16. The van der Waals surface area contributed by atoms with Crippen molar-refractivity contribution in [2.75, 3.05) is 5.32 Å². The van der Waals surface area contributed by atoms with Crippen molar-refractivity contribution in [3.8, 4) is 11.3 Å². The van der Waals surface area contributed by atoms with Crippen molar-refractivity contribution in [1.82, 2.24) is 10.4 Å². The number of nitrogens with one attached hydrogen (secondary N) is 3. The Morgan fingerprint density at radius 1 is 0.969 bits per heavy atom. The first kappa shape index (κ1) is 21.1.